The summed E-state index contributed by atoms with van der Waals surface area (Å²) in [6.07, 6.45) is 2.52. The molecule has 2 rings (SSSR count). The second kappa shape index (κ2) is 7.59. The minimum atomic E-state index is -1.53. The van der Waals surface area contributed by atoms with Crippen molar-refractivity contribution in [2.75, 3.05) is 0 Å². The van der Waals surface area contributed by atoms with Crippen molar-refractivity contribution in [2.24, 2.45) is 0 Å². The molecule has 1 N–H and O–H groups in total. The van der Waals surface area contributed by atoms with Crippen molar-refractivity contribution in [3.63, 3.8) is 0 Å². The number of nitro groups is 1. The number of non-ortho nitro benzene ring substituents is 1. The van der Waals surface area contributed by atoms with Gasteiger partial charge >= 0.3 is 0 Å². The van der Waals surface area contributed by atoms with Crippen LogP contribution in [-0.2, 0) is 11.2 Å². The van der Waals surface area contributed by atoms with Gasteiger partial charge in [-0.25, -0.2) is 4.98 Å². The highest BCUT2D eigenvalue weighted by Crippen LogP contribution is 2.29. The van der Waals surface area contributed by atoms with Crippen LogP contribution in [0.25, 0.3) is 6.08 Å². The first kappa shape index (κ1) is 17.5. The topological polar surface area (TPSA) is 148 Å². The Kier molecular flexibility index (Phi) is 5.53. The number of carboxylic acid groups (broad SMARTS) is 1. The average molecular weight is 348 g/mol. The number of hydrogen-bond donors (Lipinski definition) is 1. The first-order valence-corrected chi connectivity index (χ1v) is 7.70. The summed E-state index contributed by atoms with van der Waals surface area (Å²) in [7, 11) is 0. The van der Waals surface area contributed by atoms with Gasteiger partial charge in [-0.3, -0.25) is 15.2 Å². The molecule has 1 aromatic carbocycles. The quantitative estimate of drug-likeness (QED) is 0.331. The Morgan fingerprint density at radius 1 is 1.46 bits per heavy atom. The molecule has 0 radical (unpaired) electrons. The lowest BCUT2D eigenvalue weighted by atomic mass is 10.1. The number of aliphatic carboxylic acids is 1. The number of rotatable bonds is 7. The van der Waals surface area contributed by atoms with Gasteiger partial charge < -0.3 is 15.0 Å². The molecular weight excluding hydrogens is 336 g/mol. The summed E-state index contributed by atoms with van der Waals surface area (Å²) in [6.45, 7) is 1.96. The molecule has 0 bridgehead atoms. The zero-order chi connectivity index (χ0) is 17.7. The molecule has 126 valence electrons. The fourth-order valence-electron chi connectivity index (χ4n) is 1.80. The lowest BCUT2D eigenvalue weighted by Gasteiger charge is -2.12. The van der Waals surface area contributed by atoms with Crippen molar-refractivity contribution in [1.29, 1.82) is 0 Å². The van der Waals surface area contributed by atoms with Gasteiger partial charge in [-0.1, -0.05) is 13.0 Å². The predicted octanol–water partition coefficient (Wildman–Crippen LogP) is 0.622. The molecule has 2 aromatic rings. The molecule has 0 unspecified atom stereocenters. The van der Waals surface area contributed by atoms with Gasteiger partial charge in [0.25, 0.3) is 5.69 Å². The van der Waals surface area contributed by atoms with Crippen LogP contribution in [0.4, 0.5) is 5.69 Å². The third-order valence-electron chi connectivity index (χ3n) is 2.89. The Labute approximate surface area is 140 Å². The number of H-pyrrole nitrogens is 1. The Morgan fingerprint density at radius 3 is 2.83 bits per heavy atom. The summed E-state index contributed by atoms with van der Waals surface area (Å²) in [5, 5.41) is 40.5. The number of hydrogen-bond acceptors (Lipinski definition) is 8. The summed E-state index contributed by atoms with van der Waals surface area (Å²) >= 11 is 0.698. The van der Waals surface area contributed by atoms with Crippen LogP contribution in [0.5, 0.6) is 5.75 Å². The van der Waals surface area contributed by atoms with Gasteiger partial charge in [0.2, 0.25) is 5.16 Å². The molecule has 0 aliphatic rings. The minimum Gasteiger partial charge on any atom is -0.872 e. The third-order valence-corrected chi connectivity index (χ3v) is 3.76. The van der Waals surface area contributed by atoms with E-state index in [2.05, 4.69) is 15.2 Å². The molecule has 1 aromatic heterocycles. The number of nitrogens with one attached hydrogen (secondary N) is 1. The summed E-state index contributed by atoms with van der Waals surface area (Å²) in [5.74, 6) is -1.47. The number of aromatic amines is 1. The maximum Gasteiger partial charge on any atom is 0.269 e. The van der Waals surface area contributed by atoms with Crippen molar-refractivity contribution in [3.05, 3.63) is 44.6 Å². The van der Waals surface area contributed by atoms with Crippen LogP contribution in [0.3, 0.4) is 0 Å². The highest BCUT2D eigenvalue weighted by Gasteiger charge is 2.11. The van der Waals surface area contributed by atoms with E-state index in [-0.39, 0.29) is 21.3 Å². The van der Waals surface area contributed by atoms with E-state index >= 15 is 0 Å². The molecule has 1 heterocycles. The first-order valence-electron chi connectivity index (χ1n) is 6.88. The number of benzene rings is 1. The lowest BCUT2D eigenvalue weighted by Crippen LogP contribution is -2.23. The monoisotopic (exact) mass is 348 g/mol. The molecule has 10 heteroatoms. The third kappa shape index (κ3) is 4.32. The zero-order valence-electron chi connectivity index (χ0n) is 12.5. The van der Waals surface area contributed by atoms with Gasteiger partial charge in [0, 0.05) is 23.5 Å². The Morgan fingerprint density at radius 2 is 2.21 bits per heavy atom. The maximum atomic E-state index is 11.8. The number of thioether (sulfide) groups is 1. The van der Waals surface area contributed by atoms with Crippen LogP contribution in [0.1, 0.15) is 24.7 Å². The van der Waals surface area contributed by atoms with E-state index in [1.165, 1.54) is 0 Å². The van der Waals surface area contributed by atoms with E-state index in [1.807, 2.05) is 6.92 Å². The molecule has 0 amide bonds. The van der Waals surface area contributed by atoms with Crippen LogP contribution in [0, 0.1) is 10.1 Å². The average Bonchev–Trinajstić information content (AvgIpc) is 2.96. The Bertz CT molecular complexity index is 802. The highest BCUT2D eigenvalue weighted by atomic mass is 32.2. The minimum absolute atomic E-state index is 0.125. The van der Waals surface area contributed by atoms with E-state index in [0.717, 1.165) is 30.7 Å². The number of nitro benzene ring substituents is 1. The predicted molar refractivity (Wildman–Crippen MR) is 81.8 cm³/mol. The molecule has 0 spiro atoms. The van der Waals surface area contributed by atoms with Crippen LogP contribution >= 0.6 is 11.8 Å². The SMILES string of the molecule is CCCc1nc(S/C(=C\c2cc([N+](=O)[O-])ccc2[O-])C(=O)[O-])n[nH]1. The maximum absolute atomic E-state index is 11.8. The highest BCUT2D eigenvalue weighted by molar-refractivity contribution is 8.04. The smallest absolute Gasteiger partial charge is 0.269 e. The molecule has 0 saturated heterocycles. The summed E-state index contributed by atoms with van der Waals surface area (Å²) < 4.78 is 0. The Balaban J connectivity index is 2.32. The fraction of sp³-hybridized carbons (Fsp3) is 0.214. The van der Waals surface area contributed by atoms with Gasteiger partial charge in [0.05, 0.1) is 10.9 Å². The molecule has 0 fully saturated rings. The largest absolute Gasteiger partial charge is 0.872 e. The van der Waals surface area contributed by atoms with Crippen molar-refractivity contribution < 1.29 is 19.9 Å². The van der Waals surface area contributed by atoms with Crippen molar-refractivity contribution in [2.45, 2.75) is 24.9 Å². The molecular formula is C14H12N4O5S-2. The first-order chi connectivity index (χ1) is 11.4. The molecule has 24 heavy (non-hydrogen) atoms. The fourth-order valence-corrected chi connectivity index (χ4v) is 2.52. The normalized spacial score (nSPS) is 11.5. The van der Waals surface area contributed by atoms with Crippen LogP contribution in [0.2, 0.25) is 0 Å². The van der Waals surface area contributed by atoms with E-state index in [4.69, 9.17) is 0 Å². The number of carbonyl (C=O) groups is 1. The molecule has 0 saturated carbocycles. The molecule has 0 aliphatic carbocycles. The van der Waals surface area contributed by atoms with Gasteiger partial charge in [-0.15, -0.1) is 10.8 Å². The van der Waals surface area contributed by atoms with Crippen LogP contribution in [0.15, 0.2) is 28.3 Å². The van der Waals surface area contributed by atoms with Crippen molar-refractivity contribution >= 4 is 29.5 Å². The zero-order valence-corrected chi connectivity index (χ0v) is 13.3. The summed E-state index contributed by atoms with van der Waals surface area (Å²) in [4.78, 5) is 25.1. The second-order valence-electron chi connectivity index (χ2n) is 4.69. The van der Waals surface area contributed by atoms with Crippen molar-refractivity contribution in [3.8, 4) is 5.75 Å². The molecule has 0 atom stereocenters. The standard InChI is InChI=1S/C14H14N4O5S/c1-2-3-12-15-14(17-16-12)24-11(13(20)21)7-8-6-9(18(22)23)4-5-10(8)19/h4-7,19H,2-3H2,1H3,(H,20,21)(H,15,16,17)/p-2/b11-7-. The van der Waals surface area contributed by atoms with E-state index in [1.54, 1.807) is 0 Å². The van der Waals surface area contributed by atoms with Gasteiger partial charge in [0.1, 0.15) is 5.82 Å². The number of carbonyl (C=O) groups excluding carboxylic acids is 1. The van der Waals surface area contributed by atoms with Crippen LogP contribution in [-0.4, -0.2) is 26.1 Å². The number of nitrogens with zero attached hydrogens (tertiary/aromatic N) is 3. The van der Waals surface area contributed by atoms with E-state index in [0.29, 0.717) is 24.0 Å². The summed E-state index contributed by atoms with van der Waals surface area (Å²) in [6, 6.07) is 3.07. The van der Waals surface area contributed by atoms with Crippen LogP contribution < -0.4 is 10.2 Å². The second-order valence-corrected chi connectivity index (χ2v) is 5.70. The van der Waals surface area contributed by atoms with E-state index < -0.39 is 16.6 Å². The lowest BCUT2D eigenvalue weighted by molar-refractivity contribution is -0.385. The molecule has 9 nitrogen and oxygen atoms in total. The number of aromatic nitrogens is 3. The Hall–Kier alpha value is -2.88. The van der Waals surface area contributed by atoms with Gasteiger partial charge in [-0.05, 0) is 29.8 Å². The summed E-state index contributed by atoms with van der Waals surface area (Å²) in [5.41, 5.74) is -0.438. The van der Waals surface area contributed by atoms with E-state index in [9.17, 15) is 25.1 Å². The van der Waals surface area contributed by atoms with Gasteiger partial charge in [-0.2, -0.15) is 0 Å². The molecule has 0 aliphatic heterocycles. The van der Waals surface area contributed by atoms with Gasteiger partial charge in [0.15, 0.2) is 0 Å². The van der Waals surface area contributed by atoms with Crippen molar-refractivity contribution in [1.82, 2.24) is 15.2 Å². The number of carboxylic acids is 1. The number of aryl methyl sites for hydroxylation is 1.